The number of aryl methyl sites for hydroxylation is 1. The SMILES string of the molecule is CCC[c-]1ccc2cc3c(cc21)CC(C)(C)C3.[CH3-].[CH3-].[CH3-].[CH3-].[CH3-].[CH3-].[CH3-].[Hf].c1cc[cH-]c1. The van der Waals surface area contributed by atoms with E-state index in [0.29, 0.717) is 5.41 Å². The zero-order valence-corrected chi connectivity index (χ0v) is 25.1. The van der Waals surface area contributed by atoms with Crippen molar-refractivity contribution in [1.29, 1.82) is 0 Å². The first-order valence-corrected chi connectivity index (χ1v) is 8.46. The summed E-state index contributed by atoms with van der Waals surface area (Å²) in [5.74, 6) is 0. The van der Waals surface area contributed by atoms with Crippen LogP contribution in [0.1, 0.15) is 43.9 Å². The molecule has 0 heterocycles. The third-order valence-electron chi connectivity index (χ3n) is 4.59. The largest absolute Gasteiger partial charge is 0.358 e. The molecule has 0 amide bonds. The summed E-state index contributed by atoms with van der Waals surface area (Å²) in [5, 5.41) is 2.95. The Kier molecular flexibility index (Phi) is 26.9. The van der Waals surface area contributed by atoms with Crippen LogP contribution in [-0.2, 0) is 45.1 Å². The molecule has 0 spiro atoms. The van der Waals surface area contributed by atoms with E-state index in [1.165, 1.54) is 42.0 Å². The van der Waals surface area contributed by atoms with Crippen LogP contribution in [0.5, 0.6) is 0 Å². The van der Waals surface area contributed by atoms with Crippen molar-refractivity contribution in [3.05, 3.63) is 123 Å². The molecule has 0 radical (unpaired) electrons. The molecule has 30 heavy (non-hydrogen) atoms. The Hall–Kier alpha value is -0.950. The smallest absolute Gasteiger partial charge is 0 e. The van der Waals surface area contributed by atoms with Crippen LogP contribution in [0.4, 0.5) is 0 Å². The molecular formula is C29H47Hf-9. The van der Waals surface area contributed by atoms with Crippen molar-refractivity contribution < 1.29 is 25.8 Å². The summed E-state index contributed by atoms with van der Waals surface area (Å²) in [6.45, 7) is 7.02. The van der Waals surface area contributed by atoms with Crippen LogP contribution in [0.15, 0.2) is 54.6 Å². The third kappa shape index (κ3) is 10.4. The Balaban J connectivity index is -0.0000000997. The van der Waals surface area contributed by atoms with Crippen molar-refractivity contribution in [1.82, 2.24) is 0 Å². The van der Waals surface area contributed by atoms with Gasteiger partial charge in [0.15, 0.2) is 0 Å². The summed E-state index contributed by atoms with van der Waals surface area (Å²) in [6, 6.07) is 19.5. The van der Waals surface area contributed by atoms with Crippen LogP contribution in [0.25, 0.3) is 10.8 Å². The van der Waals surface area contributed by atoms with Gasteiger partial charge in [-0.2, -0.15) is 24.3 Å². The first-order chi connectivity index (χ1) is 10.6. The van der Waals surface area contributed by atoms with Crippen molar-refractivity contribution in [3.63, 3.8) is 0 Å². The molecule has 0 bridgehead atoms. The standard InChI is InChI=1S/C17H21.C5H5.7CH3.Hf/c1-4-5-12-6-7-13-8-14-10-17(2,3)11-15(14)9-16(12)13;1-2-4-5-3-1;;;;;;;;/h6-9H,4-5,10-11H2,1-3H3;1-5H;7*1H3;/q9*-1;. The molecule has 0 fully saturated rings. The van der Waals surface area contributed by atoms with Gasteiger partial charge in [0.2, 0.25) is 0 Å². The summed E-state index contributed by atoms with van der Waals surface area (Å²) >= 11 is 0. The van der Waals surface area contributed by atoms with Gasteiger partial charge in [0, 0.05) is 25.8 Å². The molecule has 0 aromatic heterocycles. The van der Waals surface area contributed by atoms with Crippen molar-refractivity contribution in [2.75, 3.05) is 0 Å². The predicted octanol–water partition coefficient (Wildman–Crippen LogP) is 9.19. The number of fused-ring (bicyclic) bond motifs is 2. The summed E-state index contributed by atoms with van der Waals surface area (Å²) in [7, 11) is 0. The monoisotopic (exact) mass is 575 g/mol. The minimum atomic E-state index is 0. The van der Waals surface area contributed by atoms with E-state index in [4.69, 9.17) is 0 Å². The molecule has 4 rings (SSSR count). The van der Waals surface area contributed by atoms with Gasteiger partial charge >= 0.3 is 0 Å². The second kappa shape index (κ2) is 18.8. The summed E-state index contributed by atoms with van der Waals surface area (Å²) in [6.07, 6.45) is 4.94. The second-order valence-corrected chi connectivity index (χ2v) is 7.30. The van der Waals surface area contributed by atoms with E-state index in [1.807, 2.05) is 30.3 Å². The Morgan fingerprint density at radius 2 is 1.37 bits per heavy atom. The summed E-state index contributed by atoms with van der Waals surface area (Å²) < 4.78 is 0. The van der Waals surface area contributed by atoms with Crippen molar-refractivity contribution in [2.24, 2.45) is 5.41 Å². The molecule has 0 unspecified atom stereocenters. The minimum Gasteiger partial charge on any atom is -0.358 e. The fourth-order valence-electron chi connectivity index (χ4n) is 3.64. The molecule has 0 aliphatic heterocycles. The Morgan fingerprint density at radius 1 is 0.867 bits per heavy atom. The quantitative estimate of drug-likeness (QED) is 0.212. The molecule has 3 aromatic rings. The van der Waals surface area contributed by atoms with Crippen LogP contribution in [0, 0.1) is 57.4 Å². The minimum absolute atomic E-state index is 0. The van der Waals surface area contributed by atoms with Gasteiger partial charge in [0.25, 0.3) is 0 Å². The van der Waals surface area contributed by atoms with Gasteiger partial charge in [-0.3, -0.25) is 0 Å². The van der Waals surface area contributed by atoms with Crippen molar-refractivity contribution in [3.8, 4) is 0 Å². The fourth-order valence-corrected chi connectivity index (χ4v) is 3.64. The predicted molar refractivity (Wildman–Crippen MR) is 142 cm³/mol. The molecule has 0 nitrogen and oxygen atoms in total. The summed E-state index contributed by atoms with van der Waals surface area (Å²) in [4.78, 5) is 0. The van der Waals surface area contributed by atoms with Gasteiger partial charge < -0.3 is 52.0 Å². The van der Waals surface area contributed by atoms with Crippen molar-refractivity contribution in [2.45, 2.75) is 46.5 Å². The zero-order chi connectivity index (χ0) is 15.6. The van der Waals surface area contributed by atoms with E-state index in [-0.39, 0.29) is 77.8 Å². The molecule has 176 valence electrons. The molecule has 0 saturated heterocycles. The Morgan fingerprint density at radius 3 is 1.80 bits per heavy atom. The topological polar surface area (TPSA) is 0 Å². The normalized spacial score (nSPS) is 11.3. The van der Waals surface area contributed by atoms with Crippen LogP contribution in [0.2, 0.25) is 0 Å². The van der Waals surface area contributed by atoms with Crippen LogP contribution < -0.4 is 0 Å². The van der Waals surface area contributed by atoms with E-state index in [1.54, 1.807) is 11.1 Å². The molecule has 1 aliphatic rings. The maximum atomic E-state index is 2.46. The maximum Gasteiger partial charge on any atom is 0 e. The van der Waals surface area contributed by atoms with Crippen LogP contribution in [-0.4, -0.2) is 0 Å². The van der Waals surface area contributed by atoms with Gasteiger partial charge in [-0.15, -0.1) is 34.5 Å². The Labute approximate surface area is 211 Å². The van der Waals surface area contributed by atoms with E-state index in [0.717, 1.165) is 0 Å². The van der Waals surface area contributed by atoms with Crippen LogP contribution in [0.3, 0.4) is 0 Å². The van der Waals surface area contributed by atoms with Gasteiger partial charge in [-0.05, 0) is 18.3 Å². The first-order valence-electron chi connectivity index (χ1n) is 8.46. The first kappa shape index (κ1) is 43.0. The molecule has 3 aromatic carbocycles. The third-order valence-corrected chi connectivity index (χ3v) is 4.59. The average molecular weight is 574 g/mol. The maximum absolute atomic E-state index is 2.46. The van der Waals surface area contributed by atoms with E-state index >= 15 is 0 Å². The van der Waals surface area contributed by atoms with E-state index < -0.39 is 0 Å². The Bertz CT molecular complexity index is 712. The molecular weight excluding hydrogens is 527 g/mol. The summed E-state index contributed by atoms with van der Waals surface area (Å²) in [5.41, 5.74) is 5.17. The van der Waals surface area contributed by atoms with E-state index in [9.17, 15) is 0 Å². The van der Waals surface area contributed by atoms with Gasteiger partial charge in [-0.25, -0.2) is 12.1 Å². The molecule has 1 aliphatic carbocycles. The number of hydrogen-bond acceptors (Lipinski definition) is 0. The molecule has 1 heteroatoms. The fraction of sp³-hybridized carbons (Fsp3) is 0.276. The van der Waals surface area contributed by atoms with Crippen LogP contribution >= 0.6 is 0 Å². The van der Waals surface area contributed by atoms with Crippen molar-refractivity contribution >= 4 is 10.8 Å². The molecule has 0 atom stereocenters. The average Bonchev–Trinajstić information content (AvgIpc) is 3.17. The number of benzene rings is 1. The second-order valence-electron chi connectivity index (χ2n) is 7.30. The molecule has 0 N–H and O–H groups in total. The zero-order valence-electron chi connectivity index (χ0n) is 21.5. The number of hydrogen-bond donors (Lipinski definition) is 0. The number of rotatable bonds is 2. The van der Waals surface area contributed by atoms with E-state index in [2.05, 4.69) is 45.0 Å². The van der Waals surface area contributed by atoms with Gasteiger partial charge in [0.1, 0.15) is 0 Å². The molecule has 0 saturated carbocycles. The van der Waals surface area contributed by atoms with Gasteiger partial charge in [0.05, 0.1) is 0 Å². The van der Waals surface area contributed by atoms with Gasteiger partial charge in [-0.1, -0.05) is 44.7 Å².